The predicted octanol–water partition coefficient (Wildman–Crippen LogP) is 1.41. The van der Waals surface area contributed by atoms with Gasteiger partial charge in [-0.3, -0.25) is 9.59 Å². The van der Waals surface area contributed by atoms with Crippen LogP contribution in [0.25, 0.3) is 11.3 Å². The van der Waals surface area contributed by atoms with Gasteiger partial charge in [0, 0.05) is 31.8 Å². The monoisotopic (exact) mass is 341 g/mol. The lowest BCUT2D eigenvalue weighted by Crippen LogP contribution is -2.43. The molecule has 7 nitrogen and oxygen atoms in total. The lowest BCUT2D eigenvalue weighted by atomic mass is 10.1. The second kappa shape index (κ2) is 6.33. The number of carbonyl (C=O) groups is 2. The normalized spacial score (nSPS) is 23.5. The number of hydrogen-bond donors (Lipinski definition) is 0. The Hall–Kier alpha value is -2.67. The molecule has 130 valence electrons. The summed E-state index contributed by atoms with van der Waals surface area (Å²) in [6.45, 7) is 1.29. The first kappa shape index (κ1) is 15.8. The fourth-order valence-corrected chi connectivity index (χ4v) is 3.39. The van der Waals surface area contributed by atoms with Crippen molar-refractivity contribution in [2.75, 3.05) is 26.7 Å². The standard InChI is InChI=1S/C18H19N3O4/c1-20-14-10-21(11-16(14)24-8-7-17(20)22)18(23)13-9-15(25-19-13)12-5-3-2-4-6-12/h2-6,9,14,16H,7-8,10-11H2,1H3/t14-,16-/m0/s1. The van der Waals surface area contributed by atoms with Gasteiger partial charge in [0.2, 0.25) is 5.91 Å². The SMILES string of the molecule is CN1C(=O)CCO[C@H]2CN(C(=O)c3cc(-c4ccccc4)on3)C[C@@H]21. The number of nitrogens with zero attached hydrogens (tertiary/aromatic N) is 3. The van der Waals surface area contributed by atoms with E-state index in [4.69, 9.17) is 9.26 Å². The van der Waals surface area contributed by atoms with E-state index in [2.05, 4.69) is 5.16 Å². The molecule has 1 aromatic carbocycles. The molecule has 1 aromatic heterocycles. The number of hydrogen-bond acceptors (Lipinski definition) is 5. The van der Waals surface area contributed by atoms with E-state index in [1.54, 1.807) is 22.9 Å². The second-order valence-electron chi connectivity index (χ2n) is 6.38. The minimum absolute atomic E-state index is 0.0506. The van der Waals surface area contributed by atoms with E-state index >= 15 is 0 Å². The van der Waals surface area contributed by atoms with Crippen LogP contribution in [0.2, 0.25) is 0 Å². The number of ether oxygens (including phenoxy) is 1. The van der Waals surface area contributed by atoms with Gasteiger partial charge in [0.1, 0.15) is 0 Å². The van der Waals surface area contributed by atoms with E-state index in [9.17, 15) is 9.59 Å². The number of amides is 2. The van der Waals surface area contributed by atoms with Crippen LogP contribution in [0.3, 0.4) is 0 Å². The van der Waals surface area contributed by atoms with E-state index < -0.39 is 0 Å². The Kier molecular flexibility index (Phi) is 4.01. The second-order valence-corrected chi connectivity index (χ2v) is 6.38. The number of carbonyl (C=O) groups excluding carboxylic acids is 2. The highest BCUT2D eigenvalue weighted by Crippen LogP contribution is 2.25. The van der Waals surface area contributed by atoms with Crippen LogP contribution in [0.4, 0.5) is 0 Å². The molecule has 0 bridgehead atoms. The fraction of sp³-hybridized carbons (Fsp3) is 0.389. The molecule has 0 radical (unpaired) electrons. The van der Waals surface area contributed by atoms with Crippen molar-refractivity contribution < 1.29 is 18.8 Å². The van der Waals surface area contributed by atoms with Gasteiger partial charge in [0.25, 0.3) is 5.91 Å². The fourth-order valence-electron chi connectivity index (χ4n) is 3.39. The van der Waals surface area contributed by atoms with Crippen LogP contribution in [-0.2, 0) is 9.53 Å². The van der Waals surface area contributed by atoms with Gasteiger partial charge in [-0.15, -0.1) is 0 Å². The van der Waals surface area contributed by atoms with E-state index in [-0.39, 0.29) is 29.7 Å². The molecule has 2 fully saturated rings. The molecule has 7 heteroatoms. The van der Waals surface area contributed by atoms with Gasteiger partial charge in [0.15, 0.2) is 11.5 Å². The number of fused-ring (bicyclic) bond motifs is 1. The van der Waals surface area contributed by atoms with E-state index in [0.717, 1.165) is 5.56 Å². The lowest BCUT2D eigenvalue weighted by molar-refractivity contribution is -0.131. The number of rotatable bonds is 2. The summed E-state index contributed by atoms with van der Waals surface area (Å²) in [5.41, 5.74) is 1.14. The molecule has 2 amide bonds. The summed E-state index contributed by atoms with van der Waals surface area (Å²) in [6.07, 6.45) is 0.238. The van der Waals surface area contributed by atoms with Crippen molar-refractivity contribution >= 4 is 11.8 Å². The molecular weight excluding hydrogens is 322 g/mol. The number of aromatic nitrogens is 1. The minimum Gasteiger partial charge on any atom is -0.374 e. The van der Waals surface area contributed by atoms with Crippen LogP contribution in [0, 0.1) is 0 Å². The topological polar surface area (TPSA) is 75.9 Å². The van der Waals surface area contributed by atoms with Gasteiger partial charge in [-0.2, -0.15) is 0 Å². The molecule has 4 rings (SSSR count). The summed E-state index contributed by atoms with van der Waals surface area (Å²) < 4.78 is 11.1. The minimum atomic E-state index is -0.205. The highest BCUT2D eigenvalue weighted by molar-refractivity contribution is 5.93. The summed E-state index contributed by atoms with van der Waals surface area (Å²) in [4.78, 5) is 28.1. The maximum absolute atomic E-state index is 12.8. The molecule has 3 heterocycles. The van der Waals surface area contributed by atoms with Crippen LogP contribution in [0.15, 0.2) is 40.9 Å². The number of benzene rings is 1. The third-order valence-electron chi connectivity index (χ3n) is 4.85. The molecule has 2 aromatic rings. The highest BCUT2D eigenvalue weighted by atomic mass is 16.5. The molecule has 2 aliphatic heterocycles. The summed E-state index contributed by atoms with van der Waals surface area (Å²) in [7, 11) is 1.77. The van der Waals surface area contributed by atoms with Crippen LogP contribution in [0.1, 0.15) is 16.9 Å². The third kappa shape index (κ3) is 2.91. The van der Waals surface area contributed by atoms with Gasteiger partial charge in [-0.1, -0.05) is 35.5 Å². The van der Waals surface area contributed by atoms with Gasteiger partial charge in [-0.05, 0) is 0 Å². The van der Waals surface area contributed by atoms with Gasteiger partial charge >= 0.3 is 0 Å². The Bertz CT molecular complexity index is 789. The summed E-state index contributed by atoms with van der Waals surface area (Å²) in [5, 5.41) is 3.92. The molecular formula is C18H19N3O4. The Morgan fingerprint density at radius 1 is 1.24 bits per heavy atom. The van der Waals surface area contributed by atoms with Crippen molar-refractivity contribution in [1.82, 2.24) is 15.0 Å². The average molecular weight is 341 g/mol. The first-order chi connectivity index (χ1) is 12.1. The summed E-state index contributed by atoms with van der Waals surface area (Å²) >= 11 is 0. The first-order valence-electron chi connectivity index (χ1n) is 8.32. The Labute approximate surface area is 145 Å². The molecule has 0 aliphatic carbocycles. The molecule has 0 spiro atoms. The zero-order chi connectivity index (χ0) is 17.4. The van der Waals surface area contributed by atoms with Crippen LogP contribution in [0.5, 0.6) is 0 Å². The van der Waals surface area contributed by atoms with Crippen molar-refractivity contribution in [1.29, 1.82) is 0 Å². The molecule has 2 atom stereocenters. The predicted molar refractivity (Wildman–Crippen MR) is 88.8 cm³/mol. The number of likely N-dealkylation sites (N-methyl/N-ethyl adjacent to an activating group) is 1. The van der Waals surface area contributed by atoms with E-state index in [0.29, 0.717) is 31.9 Å². The summed E-state index contributed by atoms with van der Waals surface area (Å²) in [6, 6.07) is 11.1. The maximum Gasteiger partial charge on any atom is 0.276 e. The van der Waals surface area contributed by atoms with Crippen molar-refractivity contribution in [2.45, 2.75) is 18.6 Å². The van der Waals surface area contributed by atoms with Crippen molar-refractivity contribution in [3.05, 3.63) is 42.1 Å². The quantitative estimate of drug-likeness (QED) is 0.826. The molecule has 2 saturated heterocycles. The molecule has 0 unspecified atom stereocenters. The molecule has 2 aliphatic rings. The Morgan fingerprint density at radius 2 is 2.04 bits per heavy atom. The van der Waals surface area contributed by atoms with Crippen molar-refractivity contribution in [3.8, 4) is 11.3 Å². The molecule has 0 N–H and O–H groups in total. The van der Waals surface area contributed by atoms with Gasteiger partial charge in [0.05, 0.1) is 25.2 Å². The average Bonchev–Trinajstić information content (AvgIpc) is 3.26. The Balaban J connectivity index is 1.51. The molecule has 0 saturated carbocycles. The van der Waals surface area contributed by atoms with Gasteiger partial charge < -0.3 is 19.1 Å². The van der Waals surface area contributed by atoms with Crippen molar-refractivity contribution in [3.63, 3.8) is 0 Å². The lowest BCUT2D eigenvalue weighted by Gasteiger charge is -2.24. The highest BCUT2D eigenvalue weighted by Gasteiger charge is 2.42. The van der Waals surface area contributed by atoms with E-state index in [1.807, 2.05) is 30.3 Å². The number of likely N-dealkylation sites (tertiary alicyclic amines) is 1. The van der Waals surface area contributed by atoms with Crippen LogP contribution in [-0.4, -0.2) is 65.7 Å². The first-order valence-corrected chi connectivity index (χ1v) is 8.32. The van der Waals surface area contributed by atoms with Gasteiger partial charge in [-0.25, -0.2) is 0 Å². The summed E-state index contributed by atoms with van der Waals surface area (Å²) in [5.74, 6) is 0.402. The Morgan fingerprint density at radius 3 is 2.84 bits per heavy atom. The largest absolute Gasteiger partial charge is 0.374 e. The van der Waals surface area contributed by atoms with E-state index in [1.165, 1.54) is 0 Å². The zero-order valence-corrected chi connectivity index (χ0v) is 13.9. The van der Waals surface area contributed by atoms with Crippen molar-refractivity contribution in [2.24, 2.45) is 0 Å². The van der Waals surface area contributed by atoms with Crippen LogP contribution < -0.4 is 0 Å². The van der Waals surface area contributed by atoms with Crippen LogP contribution >= 0.6 is 0 Å². The maximum atomic E-state index is 12.8. The molecule has 25 heavy (non-hydrogen) atoms. The zero-order valence-electron chi connectivity index (χ0n) is 13.9. The third-order valence-corrected chi connectivity index (χ3v) is 4.85. The smallest absolute Gasteiger partial charge is 0.276 e.